The van der Waals surface area contributed by atoms with Crippen LogP contribution >= 0.6 is 11.6 Å². The maximum absolute atomic E-state index is 13.0. The molecule has 2 aromatic carbocycles. The van der Waals surface area contributed by atoms with E-state index in [9.17, 15) is 4.39 Å². The monoisotopic (exact) mass is 265 g/mol. The number of anilines is 1. The average molecular weight is 266 g/mol. The number of hydrogen-bond acceptors (Lipinski definition) is 2. The predicted molar refractivity (Wildman–Crippen MR) is 71.5 cm³/mol. The van der Waals surface area contributed by atoms with Gasteiger partial charge in [0.25, 0.3) is 0 Å². The van der Waals surface area contributed by atoms with Crippen LogP contribution in [0.15, 0.2) is 42.5 Å². The standard InChI is InChI=1S/C14H13ClFNO/c15-13-9-12(17)4-5-14(13)18-7-6-10-2-1-3-11(16)8-10/h1-5,8-9H,6-7,17H2. The molecule has 94 valence electrons. The number of hydrogen-bond donors (Lipinski definition) is 1. The van der Waals surface area contributed by atoms with Crippen molar-refractivity contribution in [3.63, 3.8) is 0 Å². The Bertz CT molecular complexity index is 545. The summed E-state index contributed by atoms with van der Waals surface area (Å²) in [5, 5.41) is 0.481. The van der Waals surface area contributed by atoms with Gasteiger partial charge >= 0.3 is 0 Å². The summed E-state index contributed by atoms with van der Waals surface area (Å²) in [7, 11) is 0. The van der Waals surface area contributed by atoms with Crippen LogP contribution in [0, 0.1) is 5.82 Å². The number of ether oxygens (including phenoxy) is 1. The summed E-state index contributed by atoms with van der Waals surface area (Å²) in [5.74, 6) is 0.347. The molecule has 0 fully saturated rings. The van der Waals surface area contributed by atoms with E-state index in [4.69, 9.17) is 22.1 Å². The van der Waals surface area contributed by atoms with Crippen molar-refractivity contribution in [3.05, 3.63) is 58.9 Å². The number of rotatable bonds is 4. The Hall–Kier alpha value is -1.74. The highest BCUT2D eigenvalue weighted by molar-refractivity contribution is 6.32. The number of halogens is 2. The Kier molecular flexibility index (Phi) is 4.05. The van der Waals surface area contributed by atoms with Crippen molar-refractivity contribution < 1.29 is 9.13 Å². The van der Waals surface area contributed by atoms with Crippen molar-refractivity contribution in [3.8, 4) is 5.75 Å². The third-order valence-corrected chi connectivity index (χ3v) is 2.79. The highest BCUT2D eigenvalue weighted by Crippen LogP contribution is 2.26. The van der Waals surface area contributed by atoms with Gasteiger partial charge in [-0.05, 0) is 35.9 Å². The van der Waals surface area contributed by atoms with E-state index in [-0.39, 0.29) is 5.82 Å². The lowest BCUT2D eigenvalue weighted by Gasteiger charge is -2.08. The summed E-state index contributed by atoms with van der Waals surface area (Å²) in [4.78, 5) is 0. The van der Waals surface area contributed by atoms with Crippen molar-refractivity contribution in [2.45, 2.75) is 6.42 Å². The molecule has 2 nitrogen and oxygen atoms in total. The Labute approximate surface area is 110 Å². The minimum atomic E-state index is -0.238. The summed E-state index contributed by atoms with van der Waals surface area (Å²) < 4.78 is 18.5. The van der Waals surface area contributed by atoms with Crippen LogP contribution in [0.1, 0.15) is 5.56 Å². The predicted octanol–water partition coefficient (Wildman–Crippen LogP) is 3.68. The van der Waals surface area contributed by atoms with Gasteiger partial charge in [-0.1, -0.05) is 23.7 Å². The fourth-order valence-electron chi connectivity index (χ4n) is 1.61. The zero-order valence-electron chi connectivity index (χ0n) is 9.70. The van der Waals surface area contributed by atoms with Gasteiger partial charge in [0.15, 0.2) is 0 Å². The highest BCUT2D eigenvalue weighted by atomic mass is 35.5. The maximum atomic E-state index is 13.0. The largest absolute Gasteiger partial charge is 0.492 e. The van der Waals surface area contributed by atoms with Gasteiger partial charge in [-0.2, -0.15) is 0 Å². The van der Waals surface area contributed by atoms with Crippen LogP contribution in [-0.4, -0.2) is 6.61 Å². The maximum Gasteiger partial charge on any atom is 0.138 e. The van der Waals surface area contributed by atoms with Crippen LogP contribution < -0.4 is 10.5 Å². The van der Waals surface area contributed by atoms with Crippen LogP contribution in [-0.2, 0) is 6.42 Å². The summed E-state index contributed by atoms with van der Waals surface area (Å²) in [6, 6.07) is 11.5. The molecule has 18 heavy (non-hydrogen) atoms. The first kappa shape index (κ1) is 12.7. The van der Waals surface area contributed by atoms with E-state index in [0.717, 1.165) is 5.56 Å². The van der Waals surface area contributed by atoms with Gasteiger partial charge < -0.3 is 10.5 Å². The van der Waals surface area contributed by atoms with E-state index < -0.39 is 0 Å². The molecule has 0 radical (unpaired) electrons. The molecule has 0 saturated heterocycles. The second kappa shape index (κ2) is 5.74. The summed E-state index contributed by atoms with van der Waals surface area (Å²) in [6.07, 6.45) is 0.623. The first-order valence-electron chi connectivity index (χ1n) is 5.57. The van der Waals surface area contributed by atoms with Gasteiger partial charge in [0.2, 0.25) is 0 Å². The molecule has 0 aliphatic heterocycles. The zero-order valence-corrected chi connectivity index (χ0v) is 10.5. The zero-order chi connectivity index (χ0) is 13.0. The van der Waals surface area contributed by atoms with Crippen molar-refractivity contribution >= 4 is 17.3 Å². The minimum Gasteiger partial charge on any atom is -0.492 e. The van der Waals surface area contributed by atoms with Crippen LogP contribution in [0.2, 0.25) is 5.02 Å². The van der Waals surface area contributed by atoms with Gasteiger partial charge in [0.05, 0.1) is 11.6 Å². The Morgan fingerprint density at radius 1 is 1.17 bits per heavy atom. The minimum absolute atomic E-state index is 0.238. The molecule has 2 aromatic rings. The number of benzene rings is 2. The number of nitrogens with two attached hydrogens (primary N) is 1. The normalized spacial score (nSPS) is 10.3. The van der Waals surface area contributed by atoms with Gasteiger partial charge in [-0.3, -0.25) is 0 Å². The molecular weight excluding hydrogens is 253 g/mol. The van der Waals surface area contributed by atoms with E-state index in [1.165, 1.54) is 12.1 Å². The molecule has 2 rings (SSSR count). The topological polar surface area (TPSA) is 35.2 Å². The SMILES string of the molecule is Nc1ccc(OCCc2cccc(F)c2)c(Cl)c1. The molecule has 4 heteroatoms. The van der Waals surface area contributed by atoms with Gasteiger partial charge in [-0.15, -0.1) is 0 Å². The first-order chi connectivity index (χ1) is 8.65. The van der Waals surface area contributed by atoms with Crippen LogP contribution in [0.5, 0.6) is 5.75 Å². The van der Waals surface area contributed by atoms with Gasteiger partial charge in [0, 0.05) is 12.1 Å². The van der Waals surface area contributed by atoms with E-state index in [1.54, 1.807) is 24.3 Å². The molecule has 2 N–H and O–H groups in total. The fraction of sp³-hybridized carbons (Fsp3) is 0.143. The fourth-order valence-corrected chi connectivity index (χ4v) is 1.85. The second-order valence-electron chi connectivity index (χ2n) is 3.92. The van der Waals surface area contributed by atoms with E-state index in [2.05, 4.69) is 0 Å². The lowest BCUT2D eigenvalue weighted by atomic mass is 10.1. The van der Waals surface area contributed by atoms with Crippen molar-refractivity contribution in [2.75, 3.05) is 12.3 Å². The molecule has 0 heterocycles. The number of nitrogen functional groups attached to an aromatic ring is 1. The second-order valence-corrected chi connectivity index (χ2v) is 4.33. The summed E-state index contributed by atoms with van der Waals surface area (Å²) >= 11 is 5.97. The van der Waals surface area contributed by atoms with Gasteiger partial charge in [-0.25, -0.2) is 4.39 Å². The molecule has 0 amide bonds. The van der Waals surface area contributed by atoms with E-state index >= 15 is 0 Å². The van der Waals surface area contributed by atoms with Crippen molar-refractivity contribution in [1.82, 2.24) is 0 Å². The average Bonchev–Trinajstić information content (AvgIpc) is 2.32. The Balaban J connectivity index is 1.92. The molecule has 0 unspecified atom stereocenters. The Morgan fingerprint density at radius 3 is 2.72 bits per heavy atom. The molecule has 0 aromatic heterocycles. The molecular formula is C14H13ClFNO. The Morgan fingerprint density at radius 2 is 2.00 bits per heavy atom. The van der Waals surface area contributed by atoms with Crippen LogP contribution in [0.3, 0.4) is 0 Å². The molecule has 0 bridgehead atoms. The van der Waals surface area contributed by atoms with Crippen LogP contribution in [0.25, 0.3) is 0 Å². The molecule has 0 aliphatic rings. The first-order valence-corrected chi connectivity index (χ1v) is 5.95. The highest BCUT2D eigenvalue weighted by Gasteiger charge is 2.02. The molecule has 0 atom stereocenters. The molecule has 0 saturated carbocycles. The lowest BCUT2D eigenvalue weighted by molar-refractivity contribution is 0.322. The van der Waals surface area contributed by atoms with E-state index in [1.807, 2.05) is 6.07 Å². The lowest BCUT2D eigenvalue weighted by Crippen LogP contribution is -2.02. The van der Waals surface area contributed by atoms with Crippen molar-refractivity contribution in [2.24, 2.45) is 0 Å². The smallest absolute Gasteiger partial charge is 0.138 e. The molecule has 0 aliphatic carbocycles. The van der Waals surface area contributed by atoms with Crippen LogP contribution in [0.4, 0.5) is 10.1 Å². The van der Waals surface area contributed by atoms with E-state index in [0.29, 0.717) is 29.5 Å². The summed E-state index contributed by atoms with van der Waals surface area (Å²) in [5.41, 5.74) is 7.07. The molecule has 0 spiro atoms. The third-order valence-electron chi connectivity index (χ3n) is 2.49. The third kappa shape index (κ3) is 3.37. The van der Waals surface area contributed by atoms with Crippen molar-refractivity contribution in [1.29, 1.82) is 0 Å². The quantitative estimate of drug-likeness (QED) is 0.856. The van der Waals surface area contributed by atoms with Gasteiger partial charge in [0.1, 0.15) is 11.6 Å². The summed E-state index contributed by atoms with van der Waals surface area (Å²) in [6.45, 7) is 0.438.